The molecule has 0 saturated heterocycles. The van der Waals surface area contributed by atoms with Crippen LogP contribution in [-0.4, -0.2) is 26.4 Å². The number of alkyl carbamates (subject to hydrolysis) is 1. The summed E-state index contributed by atoms with van der Waals surface area (Å²) in [6.45, 7) is 9.73. The molecule has 2 rings (SSSR count). The molecular weight excluding hydrogens is 302 g/mol. The number of carbonyl (C=O) groups is 1. The van der Waals surface area contributed by atoms with Crippen LogP contribution < -0.4 is 10.1 Å². The number of para-hydroxylation sites is 1. The van der Waals surface area contributed by atoms with E-state index in [1.54, 1.807) is 7.11 Å². The third-order valence-corrected chi connectivity index (χ3v) is 4.92. The van der Waals surface area contributed by atoms with Crippen LogP contribution in [0.25, 0.3) is 0 Å². The van der Waals surface area contributed by atoms with Gasteiger partial charge in [0.25, 0.3) is 0 Å². The molecule has 0 bridgehead atoms. The Labute approximate surface area is 145 Å². The van der Waals surface area contributed by atoms with E-state index < -0.39 is 0 Å². The summed E-state index contributed by atoms with van der Waals surface area (Å²) in [7, 11) is 1.65. The molecule has 0 radical (unpaired) electrons. The molecule has 4 heteroatoms. The molecule has 0 aromatic heterocycles. The fourth-order valence-corrected chi connectivity index (χ4v) is 3.27. The van der Waals surface area contributed by atoms with Gasteiger partial charge in [-0.05, 0) is 42.7 Å². The third-order valence-electron chi connectivity index (χ3n) is 4.92. The summed E-state index contributed by atoms with van der Waals surface area (Å²) in [5.74, 6) is 1.84. The lowest BCUT2D eigenvalue weighted by molar-refractivity contribution is 0.146. The second-order valence-electron chi connectivity index (χ2n) is 7.28. The van der Waals surface area contributed by atoms with Crippen molar-refractivity contribution >= 4 is 6.09 Å². The maximum atomic E-state index is 11.9. The predicted octanol–water partition coefficient (Wildman–Crippen LogP) is 4.20. The van der Waals surface area contributed by atoms with E-state index in [4.69, 9.17) is 9.47 Å². The van der Waals surface area contributed by atoms with E-state index in [1.807, 2.05) is 24.3 Å². The molecule has 1 saturated carbocycles. The molecule has 132 valence electrons. The van der Waals surface area contributed by atoms with Crippen LogP contribution in [0.5, 0.6) is 5.75 Å². The molecule has 1 aromatic rings. The van der Waals surface area contributed by atoms with Crippen LogP contribution in [0.1, 0.15) is 33.3 Å². The van der Waals surface area contributed by atoms with Crippen molar-refractivity contribution in [3.63, 3.8) is 0 Å². The number of methoxy groups -OCH3 is 1. The standard InChI is InChI=1S/C20H29NO3/c1-14(2)12-16-17(20(16,3)4)13-21-19(22)24-11-10-15-8-6-7-9-18(15)23-5/h6-9,12,16-17H,10-11,13H2,1-5H3,(H,21,22). The highest BCUT2D eigenvalue weighted by Gasteiger charge is 2.55. The average molecular weight is 331 g/mol. The second-order valence-corrected chi connectivity index (χ2v) is 7.28. The number of hydrogen-bond donors (Lipinski definition) is 1. The Balaban J connectivity index is 1.72. The predicted molar refractivity (Wildman–Crippen MR) is 96.2 cm³/mol. The summed E-state index contributed by atoms with van der Waals surface area (Å²) < 4.78 is 10.6. The Morgan fingerprint density at radius 2 is 2.00 bits per heavy atom. The molecule has 0 heterocycles. The Hall–Kier alpha value is -1.97. The Bertz CT molecular complexity index is 603. The Morgan fingerprint density at radius 3 is 2.67 bits per heavy atom. The van der Waals surface area contributed by atoms with Crippen molar-refractivity contribution in [1.29, 1.82) is 0 Å². The van der Waals surface area contributed by atoms with E-state index >= 15 is 0 Å². The van der Waals surface area contributed by atoms with Crippen molar-refractivity contribution in [3.8, 4) is 5.75 Å². The van der Waals surface area contributed by atoms with Gasteiger partial charge >= 0.3 is 6.09 Å². The number of allylic oxidation sites excluding steroid dienone is 2. The second kappa shape index (κ2) is 7.73. The van der Waals surface area contributed by atoms with Gasteiger partial charge in [0, 0.05) is 13.0 Å². The number of carbonyl (C=O) groups excluding carboxylic acids is 1. The number of hydrogen-bond acceptors (Lipinski definition) is 3. The smallest absolute Gasteiger partial charge is 0.407 e. The van der Waals surface area contributed by atoms with E-state index in [2.05, 4.69) is 39.1 Å². The molecule has 1 amide bonds. The first kappa shape index (κ1) is 18.4. The van der Waals surface area contributed by atoms with Crippen molar-refractivity contribution in [3.05, 3.63) is 41.5 Å². The van der Waals surface area contributed by atoms with E-state index in [0.29, 0.717) is 31.4 Å². The van der Waals surface area contributed by atoms with Gasteiger partial charge in [-0.25, -0.2) is 4.79 Å². The fourth-order valence-electron chi connectivity index (χ4n) is 3.27. The summed E-state index contributed by atoms with van der Waals surface area (Å²) in [6, 6.07) is 7.78. The number of benzene rings is 1. The quantitative estimate of drug-likeness (QED) is 0.762. The largest absolute Gasteiger partial charge is 0.496 e. The number of rotatable bonds is 7. The molecule has 1 fully saturated rings. The zero-order valence-corrected chi connectivity index (χ0v) is 15.4. The van der Waals surface area contributed by atoms with Crippen LogP contribution in [0.2, 0.25) is 0 Å². The van der Waals surface area contributed by atoms with Gasteiger partial charge in [0.1, 0.15) is 5.75 Å². The minimum Gasteiger partial charge on any atom is -0.496 e. The normalized spacial score (nSPS) is 20.9. The lowest BCUT2D eigenvalue weighted by Gasteiger charge is -2.10. The van der Waals surface area contributed by atoms with Crippen LogP contribution in [0.3, 0.4) is 0 Å². The van der Waals surface area contributed by atoms with E-state index in [0.717, 1.165) is 11.3 Å². The van der Waals surface area contributed by atoms with Crippen molar-refractivity contribution in [2.24, 2.45) is 17.3 Å². The van der Waals surface area contributed by atoms with Crippen molar-refractivity contribution in [2.75, 3.05) is 20.3 Å². The van der Waals surface area contributed by atoms with Crippen LogP contribution in [0.15, 0.2) is 35.9 Å². The summed E-state index contributed by atoms with van der Waals surface area (Å²) in [4.78, 5) is 11.9. The highest BCUT2D eigenvalue weighted by Crippen LogP contribution is 2.58. The minimum absolute atomic E-state index is 0.252. The number of ether oxygens (including phenoxy) is 2. The lowest BCUT2D eigenvalue weighted by Crippen LogP contribution is -2.28. The molecule has 2 unspecified atom stereocenters. The van der Waals surface area contributed by atoms with Crippen molar-refractivity contribution in [1.82, 2.24) is 5.32 Å². The van der Waals surface area contributed by atoms with Crippen LogP contribution in [-0.2, 0) is 11.2 Å². The summed E-state index contributed by atoms with van der Waals surface area (Å²) >= 11 is 0. The molecule has 0 aliphatic heterocycles. The molecule has 24 heavy (non-hydrogen) atoms. The molecule has 1 aromatic carbocycles. The number of nitrogens with one attached hydrogen (secondary N) is 1. The van der Waals surface area contributed by atoms with Gasteiger partial charge in [-0.3, -0.25) is 0 Å². The molecule has 1 aliphatic carbocycles. The first-order chi connectivity index (χ1) is 11.4. The van der Waals surface area contributed by atoms with Gasteiger partial charge in [0.2, 0.25) is 0 Å². The van der Waals surface area contributed by atoms with Gasteiger partial charge in [0.15, 0.2) is 0 Å². The van der Waals surface area contributed by atoms with E-state index in [-0.39, 0.29) is 11.5 Å². The number of amides is 1. The molecular formula is C20H29NO3. The highest BCUT2D eigenvalue weighted by molar-refractivity contribution is 5.67. The molecule has 2 atom stereocenters. The van der Waals surface area contributed by atoms with Gasteiger partial charge in [-0.15, -0.1) is 0 Å². The van der Waals surface area contributed by atoms with Gasteiger partial charge in [-0.2, -0.15) is 0 Å². The van der Waals surface area contributed by atoms with E-state index in [1.165, 1.54) is 5.57 Å². The van der Waals surface area contributed by atoms with Gasteiger partial charge < -0.3 is 14.8 Å². The minimum atomic E-state index is -0.344. The van der Waals surface area contributed by atoms with Crippen molar-refractivity contribution in [2.45, 2.75) is 34.1 Å². The highest BCUT2D eigenvalue weighted by atomic mass is 16.5. The first-order valence-electron chi connectivity index (χ1n) is 8.53. The van der Waals surface area contributed by atoms with Gasteiger partial charge in [0.05, 0.1) is 13.7 Å². The zero-order valence-electron chi connectivity index (χ0n) is 15.4. The van der Waals surface area contributed by atoms with Crippen molar-refractivity contribution < 1.29 is 14.3 Å². The topological polar surface area (TPSA) is 47.6 Å². The molecule has 1 aliphatic rings. The summed E-state index contributed by atoms with van der Waals surface area (Å²) in [5.41, 5.74) is 2.62. The molecule has 1 N–H and O–H groups in total. The van der Waals surface area contributed by atoms with Gasteiger partial charge in [-0.1, -0.05) is 43.7 Å². The van der Waals surface area contributed by atoms with Crippen LogP contribution in [0.4, 0.5) is 4.79 Å². The summed E-state index contributed by atoms with van der Waals surface area (Å²) in [5, 5.41) is 2.90. The average Bonchev–Trinajstić information content (AvgIpc) is 3.04. The zero-order chi connectivity index (χ0) is 17.7. The Morgan fingerprint density at radius 1 is 1.29 bits per heavy atom. The van der Waals surface area contributed by atoms with Crippen LogP contribution in [0, 0.1) is 17.3 Å². The summed E-state index contributed by atoms with van der Waals surface area (Å²) in [6.07, 6.45) is 2.61. The SMILES string of the molecule is COc1ccccc1CCOC(=O)NCC1C(C=C(C)C)C1(C)C. The Kier molecular flexibility index (Phi) is 5.92. The van der Waals surface area contributed by atoms with Crippen LogP contribution >= 0.6 is 0 Å². The maximum absolute atomic E-state index is 11.9. The fraction of sp³-hybridized carbons (Fsp3) is 0.550. The van der Waals surface area contributed by atoms with E-state index in [9.17, 15) is 4.79 Å². The molecule has 4 nitrogen and oxygen atoms in total. The molecule has 0 spiro atoms. The lowest BCUT2D eigenvalue weighted by atomic mass is 10.1. The first-order valence-corrected chi connectivity index (χ1v) is 8.53. The monoisotopic (exact) mass is 331 g/mol. The maximum Gasteiger partial charge on any atom is 0.407 e. The third kappa shape index (κ3) is 4.53.